The molecular formula is C13H10O8. The fraction of sp³-hybridized carbons (Fsp3) is 0.154. The third-order valence-corrected chi connectivity index (χ3v) is 2.88. The molecule has 2 atom stereocenters. The summed E-state index contributed by atoms with van der Waals surface area (Å²) < 4.78 is 4.80. The molecule has 8 nitrogen and oxygen atoms in total. The fourth-order valence-electron chi connectivity index (χ4n) is 1.79. The second-order valence-electron chi connectivity index (χ2n) is 4.28. The summed E-state index contributed by atoms with van der Waals surface area (Å²) in [6.45, 7) is 0. The molecule has 110 valence electrons. The van der Waals surface area contributed by atoms with Gasteiger partial charge in [0.25, 0.3) is 0 Å². The Kier molecular flexibility index (Phi) is 3.74. The predicted octanol–water partition coefficient (Wildman–Crippen LogP) is -0.0299. The number of benzene rings is 1. The van der Waals surface area contributed by atoms with Gasteiger partial charge < -0.3 is 24.8 Å². The van der Waals surface area contributed by atoms with E-state index in [2.05, 4.69) is 0 Å². The molecule has 0 aliphatic rings. The number of carboxylic acid groups (broad SMARTS) is 2. The summed E-state index contributed by atoms with van der Waals surface area (Å²) >= 11 is 0. The number of rotatable bonds is 4. The molecule has 21 heavy (non-hydrogen) atoms. The number of hydrogen-bond acceptors (Lipinski definition) is 6. The van der Waals surface area contributed by atoms with E-state index in [0.717, 1.165) is 6.07 Å². The summed E-state index contributed by atoms with van der Waals surface area (Å²) in [4.78, 5) is 32.8. The zero-order valence-corrected chi connectivity index (χ0v) is 10.4. The Morgan fingerprint density at radius 1 is 1.10 bits per heavy atom. The van der Waals surface area contributed by atoms with Crippen molar-refractivity contribution in [1.82, 2.24) is 0 Å². The zero-order chi connectivity index (χ0) is 15.7. The van der Waals surface area contributed by atoms with Gasteiger partial charge in [0.15, 0.2) is 6.10 Å². The number of aliphatic hydroxyl groups is 2. The van der Waals surface area contributed by atoms with Crippen LogP contribution in [0.2, 0.25) is 0 Å². The van der Waals surface area contributed by atoms with Crippen LogP contribution in [-0.2, 0) is 4.79 Å². The molecule has 1 heterocycles. The van der Waals surface area contributed by atoms with Crippen LogP contribution >= 0.6 is 0 Å². The molecule has 2 aromatic rings. The van der Waals surface area contributed by atoms with E-state index in [9.17, 15) is 24.6 Å². The minimum atomic E-state index is -2.03. The van der Waals surface area contributed by atoms with Crippen molar-refractivity contribution in [2.24, 2.45) is 0 Å². The van der Waals surface area contributed by atoms with E-state index in [1.165, 1.54) is 18.2 Å². The first-order valence-corrected chi connectivity index (χ1v) is 5.71. The van der Waals surface area contributed by atoms with E-state index in [4.69, 9.17) is 14.6 Å². The van der Waals surface area contributed by atoms with E-state index >= 15 is 0 Å². The van der Waals surface area contributed by atoms with Gasteiger partial charge in [-0.25, -0.2) is 14.4 Å². The lowest BCUT2D eigenvalue weighted by molar-refractivity contribution is -0.153. The highest BCUT2D eigenvalue weighted by atomic mass is 16.4. The molecule has 0 amide bonds. The van der Waals surface area contributed by atoms with Crippen LogP contribution < -0.4 is 5.63 Å². The topological polar surface area (TPSA) is 145 Å². The monoisotopic (exact) mass is 294 g/mol. The fourth-order valence-corrected chi connectivity index (χ4v) is 1.79. The molecule has 8 heteroatoms. The standard InChI is InChI=1S/C13H10O8/c14-9(10(15)12(18)19)5-1-2-8-6(3-5)4-7(11(16)17)13(20)21-8/h1-4,9-10,14-15H,(H,16,17)(H,18,19). The lowest BCUT2D eigenvalue weighted by Gasteiger charge is -2.14. The summed E-state index contributed by atoms with van der Waals surface area (Å²) in [5, 5.41) is 36.7. The number of aliphatic hydroxyl groups excluding tert-OH is 2. The molecular weight excluding hydrogens is 284 g/mol. The van der Waals surface area contributed by atoms with Gasteiger partial charge in [0.1, 0.15) is 17.3 Å². The molecule has 0 aliphatic carbocycles. The van der Waals surface area contributed by atoms with Crippen molar-refractivity contribution in [2.45, 2.75) is 12.2 Å². The second-order valence-corrected chi connectivity index (χ2v) is 4.28. The molecule has 0 bridgehead atoms. The number of aromatic carboxylic acids is 1. The Bertz CT molecular complexity index is 775. The quantitative estimate of drug-likeness (QED) is 0.575. The van der Waals surface area contributed by atoms with Crippen LogP contribution in [0.25, 0.3) is 11.0 Å². The summed E-state index contributed by atoms with van der Waals surface area (Å²) in [6, 6.07) is 4.83. The average Bonchev–Trinajstić information content (AvgIpc) is 2.44. The van der Waals surface area contributed by atoms with Crippen molar-refractivity contribution in [1.29, 1.82) is 0 Å². The highest BCUT2D eigenvalue weighted by molar-refractivity contribution is 5.91. The number of carboxylic acids is 2. The SMILES string of the molecule is O=C(O)c1cc2cc(C(O)C(O)C(=O)O)ccc2oc1=O. The first-order chi connectivity index (χ1) is 9.81. The third kappa shape index (κ3) is 2.76. The summed E-state index contributed by atoms with van der Waals surface area (Å²) in [5.41, 5.74) is -1.49. The summed E-state index contributed by atoms with van der Waals surface area (Å²) in [6.07, 6.45) is -3.73. The number of fused-ring (bicyclic) bond motifs is 1. The largest absolute Gasteiger partial charge is 0.479 e. The summed E-state index contributed by atoms with van der Waals surface area (Å²) in [7, 11) is 0. The molecule has 0 saturated heterocycles. The Hall–Kier alpha value is -2.71. The molecule has 0 fully saturated rings. The minimum Gasteiger partial charge on any atom is -0.479 e. The second kappa shape index (κ2) is 5.35. The van der Waals surface area contributed by atoms with Crippen molar-refractivity contribution < 1.29 is 34.4 Å². The van der Waals surface area contributed by atoms with Gasteiger partial charge in [-0.15, -0.1) is 0 Å². The minimum absolute atomic E-state index is 0.0441. The number of carbonyl (C=O) groups is 2. The van der Waals surface area contributed by atoms with Gasteiger partial charge in [-0.2, -0.15) is 0 Å². The van der Waals surface area contributed by atoms with Crippen molar-refractivity contribution in [3.8, 4) is 0 Å². The molecule has 1 aromatic carbocycles. The maximum absolute atomic E-state index is 11.4. The van der Waals surface area contributed by atoms with Crippen LogP contribution in [0.4, 0.5) is 0 Å². The number of aliphatic carboxylic acids is 1. The van der Waals surface area contributed by atoms with E-state index in [0.29, 0.717) is 0 Å². The highest BCUT2D eigenvalue weighted by Crippen LogP contribution is 2.22. The smallest absolute Gasteiger partial charge is 0.351 e. The van der Waals surface area contributed by atoms with E-state index in [1.807, 2.05) is 0 Å². The van der Waals surface area contributed by atoms with Gasteiger partial charge in [0, 0.05) is 5.39 Å². The molecule has 0 radical (unpaired) electrons. The van der Waals surface area contributed by atoms with E-state index in [-0.39, 0.29) is 16.5 Å². The van der Waals surface area contributed by atoms with Crippen molar-refractivity contribution >= 4 is 22.9 Å². The van der Waals surface area contributed by atoms with Crippen molar-refractivity contribution in [2.75, 3.05) is 0 Å². The number of hydrogen-bond donors (Lipinski definition) is 4. The molecule has 4 N–H and O–H groups in total. The lowest BCUT2D eigenvalue weighted by atomic mass is 10.0. The Morgan fingerprint density at radius 3 is 2.33 bits per heavy atom. The maximum Gasteiger partial charge on any atom is 0.351 e. The molecule has 2 unspecified atom stereocenters. The zero-order valence-electron chi connectivity index (χ0n) is 10.4. The van der Waals surface area contributed by atoms with Gasteiger partial charge >= 0.3 is 17.6 Å². The van der Waals surface area contributed by atoms with Crippen LogP contribution in [0.15, 0.2) is 33.5 Å². The molecule has 0 aliphatic heterocycles. The van der Waals surface area contributed by atoms with Crippen LogP contribution in [0.5, 0.6) is 0 Å². The van der Waals surface area contributed by atoms with Crippen LogP contribution in [0, 0.1) is 0 Å². The normalized spacial score (nSPS) is 13.8. The van der Waals surface area contributed by atoms with Gasteiger partial charge in [-0.1, -0.05) is 6.07 Å². The van der Waals surface area contributed by atoms with Crippen LogP contribution in [0.1, 0.15) is 22.0 Å². The highest BCUT2D eigenvalue weighted by Gasteiger charge is 2.25. The van der Waals surface area contributed by atoms with Crippen LogP contribution in [0.3, 0.4) is 0 Å². The Balaban J connectivity index is 2.55. The predicted molar refractivity (Wildman–Crippen MR) is 68.0 cm³/mol. The first-order valence-electron chi connectivity index (χ1n) is 5.71. The van der Waals surface area contributed by atoms with E-state index < -0.39 is 35.3 Å². The third-order valence-electron chi connectivity index (χ3n) is 2.88. The summed E-state index contributed by atoms with van der Waals surface area (Å²) in [5.74, 6) is -3.07. The van der Waals surface area contributed by atoms with Gasteiger partial charge in [0.2, 0.25) is 0 Å². The van der Waals surface area contributed by atoms with Gasteiger partial charge in [0.05, 0.1) is 0 Å². The maximum atomic E-state index is 11.4. The van der Waals surface area contributed by atoms with E-state index in [1.54, 1.807) is 0 Å². The van der Waals surface area contributed by atoms with Crippen LogP contribution in [-0.4, -0.2) is 38.5 Å². The average molecular weight is 294 g/mol. The Morgan fingerprint density at radius 2 is 1.76 bits per heavy atom. The molecule has 1 aromatic heterocycles. The lowest BCUT2D eigenvalue weighted by Crippen LogP contribution is -2.27. The van der Waals surface area contributed by atoms with Crippen molar-refractivity contribution in [3.63, 3.8) is 0 Å². The first kappa shape index (κ1) is 14.7. The molecule has 2 rings (SSSR count). The van der Waals surface area contributed by atoms with Crippen molar-refractivity contribution in [3.05, 3.63) is 45.8 Å². The Labute approximate surface area is 116 Å². The van der Waals surface area contributed by atoms with Gasteiger partial charge in [-0.3, -0.25) is 0 Å². The molecule has 0 spiro atoms. The van der Waals surface area contributed by atoms with Gasteiger partial charge in [-0.05, 0) is 23.8 Å². The molecule has 0 saturated carbocycles.